The van der Waals surface area contributed by atoms with E-state index in [0.717, 1.165) is 0 Å². The van der Waals surface area contributed by atoms with Crippen LogP contribution in [0.2, 0.25) is 0 Å². The van der Waals surface area contributed by atoms with Gasteiger partial charge in [0.1, 0.15) is 0 Å². The second-order valence-electron chi connectivity index (χ2n) is 1.70. The average molecular weight is 167 g/mol. The Balaban J connectivity index is 3.45. The third kappa shape index (κ3) is 6.15. The summed E-state index contributed by atoms with van der Waals surface area (Å²) in [7, 11) is 0. The lowest BCUT2D eigenvalue weighted by Crippen LogP contribution is -1.75. The highest BCUT2D eigenvalue weighted by Gasteiger charge is 1.87. The molecule has 0 heterocycles. The van der Waals surface area contributed by atoms with Crippen molar-refractivity contribution in [2.24, 2.45) is 5.92 Å². The molecule has 0 amide bonds. The molecule has 0 radical (unpaired) electrons. The van der Waals surface area contributed by atoms with Crippen LogP contribution in [-0.4, -0.2) is 0 Å². The summed E-state index contributed by atoms with van der Waals surface area (Å²) in [6.45, 7) is 3.84. The number of hydrogen-bond donors (Lipinski definition) is 0. The number of allylic oxidation sites excluding steroid dienone is 1. The van der Waals surface area contributed by atoms with Gasteiger partial charge in [0, 0.05) is 0 Å². The van der Waals surface area contributed by atoms with E-state index in [9.17, 15) is 4.39 Å². The predicted octanol–water partition coefficient (Wildman–Crippen LogP) is 2.85. The van der Waals surface area contributed by atoms with Crippen molar-refractivity contribution in [2.45, 2.75) is 13.8 Å². The lowest BCUT2D eigenvalue weighted by atomic mass is 10.2. The summed E-state index contributed by atoms with van der Waals surface area (Å²) < 4.78 is 11.5. The molecule has 0 nitrogen and oxygen atoms in total. The second kappa shape index (κ2) is 3.19. The fourth-order valence-corrected chi connectivity index (χ4v) is 0.781. The van der Waals surface area contributed by atoms with Gasteiger partial charge in [-0.1, -0.05) is 13.8 Å². The lowest BCUT2D eigenvalue weighted by molar-refractivity contribution is 0.680. The number of halogens is 2. The molecule has 0 N–H and O–H groups in total. The van der Waals surface area contributed by atoms with E-state index < -0.39 is 0 Å². The molecular formula is C5H8BrF. The molecule has 0 aliphatic carbocycles. The van der Waals surface area contributed by atoms with Crippen molar-refractivity contribution in [3.8, 4) is 0 Å². The van der Waals surface area contributed by atoms with Gasteiger partial charge in [-0.05, 0) is 27.9 Å². The number of rotatable bonds is 1. The molecule has 0 rings (SSSR count). The minimum Gasteiger partial charge on any atom is -0.199 e. The summed E-state index contributed by atoms with van der Waals surface area (Å²) in [5, 5.41) is 0. The molecule has 0 aliphatic rings. The molecule has 2 heteroatoms. The normalized spacial score (nSPS) is 13.0. The quantitative estimate of drug-likeness (QED) is 0.563. The van der Waals surface area contributed by atoms with Gasteiger partial charge < -0.3 is 0 Å². The summed E-state index contributed by atoms with van der Waals surface area (Å²) in [5.74, 6) is 0.291. The highest BCUT2D eigenvalue weighted by atomic mass is 79.9. The van der Waals surface area contributed by atoms with E-state index in [0.29, 0.717) is 5.92 Å². The molecular weight excluding hydrogens is 159 g/mol. The van der Waals surface area contributed by atoms with Gasteiger partial charge in [-0.15, -0.1) is 0 Å². The first-order valence-corrected chi connectivity index (χ1v) is 2.95. The summed E-state index contributed by atoms with van der Waals surface area (Å²) in [5.41, 5.74) is 0. The molecule has 0 aromatic heterocycles. The molecule has 42 valence electrons. The molecule has 0 aliphatic heterocycles. The van der Waals surface area contributed by atoms with Gasteiger partial charge in [0.15, 0.2) is 4.74 Å². The maximum atomic E-state index is 11.7. The minimum absolute atomic E-state index is 0.275. The molecule has 0 saturated heterocycles. The van der Waals surface area contributed by atoms with Crippen LogP contribution >= 0.6 is 15.9 Å². The summed E-state index contributed by atoms with van der Waals surface area (Å²) in [6, 6.07) is 0. The minimum atomic E-state index is -0.275. The summed E-state index contributed by atoms with van der Waals surface area (Å²) in [6.07, 6.45) is 1.50. The predicted molar refractivity (Wildman–Crippen MR) is 33.0 cm³/mol. The summed E-state index contributed by atoms with van der Waals surface area (Å²) >= 11 is 2.67. The third-order valence-electron chi connectivity index (χ3n) is 0.459. The van der Waals surface area contributed by atoms with E-state index in [4.69, 9.17) is 0 Å². The van der Waals surface area contributed by atoms with Crippen LogP contribution in [0.1, 0.15) is 13.8 Å². The molecule has 0 spiro atoms. The van der Waals surface area contributed by atoms with Gasteiger partial charge >= 0.3 is 0 Å². The van der Waals surface area contributed by atoms with Crippen molar-refractivity contribution in [3.63, 3.8) is 0 Å². The average Bonchev–Trinajstić information content (AvgIpc) is 1.27. The molecule has 0 fully saturated rings. The first-order chi connectivity index (χ1) is 3.13. The Morgan fingerprint density at radius 2 is 2.14 bits per heavy atom. The van der Waals surface area contributed by atoms with E-state index >= 15 is 0 Å². The first kappa shape index (κ1) is 7.15. The Kier molecular flexibility index (Phi) is 3.26. The SMILES string of the molecule is CC(C)C=C(F)Br. The maximum Gasteiger partial charge on any atom is 0.161 e. The zero-order valence-electron chi connectivity index (χ0n) is 4.41. The Morgan fingerprint density at radius 1 is 1.71 bits per heavy atom. The van der Waals surface area contributed by atoms with Crippen LogP contribution in [0.15, 0.2) is 10.8 Å². The van der Waals surface area contributed by atoms with E-state index in [2.05, 4.69) is 15.9 Å². The van der Waals surface area contributed by atoms with Gasteiger partial charge in [-0.3, -0.25) is 0 Å². The first-order valence-electron chi connectivity index (χ1n) is 2.15. The van der Waals surface area contributed by atoms with Crippen molar-refractivity contribution in [1.82, 2.24) is 0 Å². The van der Waals surface area contributed by atoms with E-state index in [1.165, 1.54) is 6.08 Å². The van der Waals surface area contributed by atoms with Crippen LogP contribution in [0.4, 0.5) is 4.39 Å². The van der Waals surface area contributed by atoms with Crippen LogP contribution in [0.3, 0.4) is 0 Å². The third-order valence-corrected chi connectivity index (χ3v) is 0.724. The fraction of sp³-hybridized carbons (Fsp3) is 0.600. The fourth-order valence-electron chi connectivity index (χ4n) is 0.252. The van der Waals surface area contributed by atoms with Gasteiger partial charge in [0.25, 0.3) is 0 Å². The maximum absolute atomic E-state index is 11.7. The smallest absolute Gasteiger partial charge is 0.161 e. The zero-order chi connectivity index (χ0) is 5.86. The molecule has 0 saturated carbocycles. The highest BCUT2D eigenvalue weighted by Crippen LogP contribution is 2.08. The lowest BCUT2D eigenvalue weighted by Gasteiger charge is -1.89. The zero-order valence-corrected chi connectivity index (χ0v) is 6.00. The Bertz CT molecular complexity index is 72.1. The van der Waals surface area contributed by atoms with Crippen LogP contribution in [0.25, 0.3) is 0 Å². The molecule has 0 atom stereocenters. The molecule has 7 heavy (non-hydrogen) atoms. The largest absolute Gasteiger partial charge is 0.199 e. The van der Waals surface area contributed by atoms with E-state index in [1.807, 2.05) is 13.8 Å². The van der Waals surface area contributed by atoms with E-state index in [1.54, 1.807) is 0 Å². The van der Waals surface area contributed by atoms with Crippen molar-refractivity contribution in [2.75, 3.05) is 0 Å². The van der Waals surface area contributed by atoms with Crippen LogP contribution in [0.5, 0.6) is 0 Å². The van der Waals surface area contributed by atoms with Gasteiger partial charge in [-0.25, -0.2) is 0 Å². The molecule has 0 bridgehead atoms. The Labute approximate surface area is 51.5 Å². The van der Waals surface area contributed by atoms with Crippen molar-refractivity contribution in [1.29, 1.82) is 0 Å². The van der Waals surface area contributed by atoms with Gasteiger partial charge in [0.2, 0.25) is 0 Å². The van der Waals surface area contributed by atoms with Crippen LogP contribution < -0.4 is 0 Å². The highest BCUT2D eigenvalue weighted by molar-refractivity contribution is 9.11. The van der Waals surface area contributed by atoms with E-state index in [-0.39, 0.29) is 4.74 Å². The number of hydrogen-bond acceptors (Lipinski definition) is 0. The summed E-state index contributed by atoms with van der Waals surface area (Å²) in [4.78, 5) is 0. The van der Waals surface area contributed by atoms with Crippen LogP contribution in [-0.2, 0) is 0 Å². The van der Waals surface area contributed by atoms with Gasteiger partial charge in [-0.2, -0.15) is 4.39 Å². The Morgan fingerprint density at radius 3 is 2.14 bits per heavy atom. The van der Waals surface area contributed by atoms with Crippen molar-refractivity contribution >= 4 is 15.9 Å². The Hall–Kier alpha value is 0.150. The van der Waals surface area contributed by atoms with Crippen molar-refractivity contribution < 1.29 is 4.39 Å². The standard InChI is InChI=1S/C5H8BrF/c1-4(2)3-5(6)7/h3-4H,1-2H3. The van der Waals surface area contributed by atoms with Crippen molar-refractivity contribution in [3.05, 3.63) is 10.8 Å². The molecule has 0 aromatic rings. The second-order valence-corrected chi connectivity index (χ2v) is 2.46. The monoisotopic (exact) mass is 166 g/mol. The molecule has 0 aromatic carbocycles. The van der Waals surface area contributed by atoms with Gasteiger partial charge in [0.05, 0.1) is 0 Å². The molecule has 0 unspecified atom stereocenters. The topological polar surface area (TPSA) is 0 Å². The van der Waals surface area contributed by atoms with Crippen LogP contribution in [0, 0.1) is 5.92 Å².